The smallest absolute Gasteiger partial charge is 0.0130 e. The molecule has 0 aliphatic rings. The fourth-order valence-electron chi connectivity index (χ4n) is 1.28. The molecular formula is C9H19O2S-. The minimum absolute atomic E-state index is 0.347. The van der Waals surface area contributed by atoms with Crippen LogP contribution in [0.2, 0.25) is 0 Å². The predicted octanol–water partition coefficient (Wildman–Crippen LogP) is 2.47. The molecule has 0 spiro atoms. The molecule has 0 fully saturated rings. The Labute approximate surface area is 78.0 Å². The minimum Gasteiger partial charge on any atom is -0.772 e. The van der Waals surface area contributed by atoms with Gasteiger partial charge in [0, 0.05) is 5.75 Å². The second-order valence-corrected chi connectivity index (χ2v) is 4.18. The second-order valence-electron chi connectivity index (χ2n) is 3.24. The van der Waals surface area contributed by atoms with Crippen LogP contribution in [0.25, 0.3) is 0 Å². The van der Waals surface area contributed by atoms with E-state index in [2.05, 4.69) is 13.8 Å². The first-order valence-electron chi connectivity index (χ1n) is 4.76. The van der Waals surface area contributed by atoms with Gasteiger partial charge in [0.2, 0.25) is 0 Å². The van der Waals surface area contributed by atoms with Crippen LogP contribution >= 0.6 is 0 Å². The Hall–Kier alpha value is 0.110. The molecule has 0 aromatic heterocycles. The van der Waals surface area contributed by atoms with Crippen LogP contribution in [0, 0.1) is 5.92 Å². The van der Waals surface area contributed by atoms with Gasteiger partial charge in [-0.1, -0.05) is 50.6 Å². The van der Waals surface area contributed by atoms with Crippen LogP contribution in [-0.2, 0) is 11.1 Å². The zero-order valence-corrected chi connectivity index (χ0v) is 8.86. The minimum atomic E-state index is -1.85. The summed E-state index contributed by atoms with van der Waals surface area (Å²) in [4.78, 5) is 0. The molecule has 0 aromatic carbocycles. The Balaban J connectivity index is 3.46. The van der Waals surface area contributed by atoms with Crippen LogP contribution in [-0.4, -0.2) is 14.5 Å². The molecule has 0 heterocycles. The number of hydrogen-bond acceptors (Lipinski definition) is 2. The highest BCUT2D eigenvalue weighted by Gasteiger charge is 2.05. The molecule has 0 aliphatic heterocycles. The van der Waals surface area contributed by atoms with Crippen molar-refractivity contribution < 1.29 is 8.76 Å². The van der Waals surface area contributed by atoms with Crippen molar-refractivity contribution in [2.24, 2.45) is 5.92 Å². The molecule has 12 heavy (non-hydrogen) atoms. The Morgan fingerprint density at radius 2 is 2.00 bits per heavy atom. The third kappa shape index (κ3) is 6.80. The fraction of sp³-hybridized carbons (Fsp3) is 1.00. The van der Waals surface area contributed by atoms with E-state index in [9.17, 15) is 8.76 Å². The Morgan fingerprint density at radius 1 is 1.33 bits per heavy atom. The predicted molar refractivity (Wildman–Crippen MR) is 51.7 cm³/mol. The van der Waals surface area contributed by atoms with E-state index in [4.69, 9.17) is 0 Å². The van der Waals surface area contributed by atoms with E-state index in [1.165, 1.54) is 19.3 Å². The standard InChI is InChI=1S/C9H20O2S/c1-3-5-6-7-9(4-2)8-12(10)11/h9H,3-8H2,1-2H3,(H,10,11)/p-1. The Kier molecular flexibility index (Phi) is 7.81. The number of unbranched alkanes of at least 4 members (excludes halogenated alkanes) is 2. The van der Waals surface area contributed by atoms with Crippen molar-refractivity contribution in [1.29, 1.82) is 0 Å². The lowest BCUT2D eigenvalue weighted by Crippen LogP contribution is -2.09. The third-order valence-electron chi connectivity index (χ3n) is 2.17. The highest BCUT2D eigenvalue weighted by molar-refractivity contribution is 7.79. The van der Waals surface area contributed by atoms with E-state index in [-0.39, 0.29) is 0 Å². The van der Waals surface area contributed by atoms with Crippen molar-refractivity contribution in [3.05, 3.63) is 0 Å². The topological polar surface area (TPSA) is 40.1 Å². The average molecular weight is 191 g/mol. The molecule has 0 rings (SSSR count). The van der Waals surface area contributed by atoms with Crippen molar-refractivity contribution in [1.82, 2.24) is 0 Å². The van der Waals surface area contributed by atoms with Crippen LogP contribution in [0.3, 0.4) is 0 Å². The summed E-state index contributed by atoms with van der Waals surface area (Å²) in [5.74, 6) is 0.732. The van der Waals surface area contributed by atoms with E-state index in [1.807, 2.05) is 0 Å². The van der Waals surface area contributed by atoms with E-state index in [0.29, 0.717) is 11.7 Å². The van der Waals surface area contributed by atoms with Crippen molar-refractivity contribution in [3.63, 3.8) is 0 Å². The highest BCUT2D eigenvalue weighted by Crippen LogP contribution is 2.14. The summed E-state index contributed by atoms with van der Waals surface area (Å²) in [6.45, 7) is 4.22. The molecule has 2 unspecified atom stereocenters. The van der Waals surface area contributed by atoms with E-state index in [1.54, 1.807) is 0 Å². The molecule has 3 heteroatoms. The summed E-state index contributed by atoms with van der Waals surface area (Å²) >= 11 is -1.85. The lowest BCUT2D eigenvalue weighted by atomic mass is 10.0. The largest absolute Gasteiger partial charge is 0.772 e. The summed E-state index contributed by atoms with van der Waals surface area (Å²) in [5, 5.41) is 0. The van der Waals surface area contributed by atoms with Gasteiger partial charge >= 0.3 is 0 Å². The summed E-state index contributed by atoms with van der Waals surface area (Å²) in [7, 11) is 0. The van der Waals surface area contributed by atoms with Crippen molar-refractivity contribution >= 4 is 11.1 Å². The van der Waals surface area contributed by atoms with Gasteiger partial charge in [0.25, 0.3) is 0 Å². The Morgan fingerprint density at radius 3 is 2.42 bits per heavy atom. The van der Waals surface area contributed by atoms with Gasteiger partial charge in [-0.15, -0.1) is 0 Å². The Bertz CT molecular complexity index is 126. The second kappa shape index (κ2) is 7.74. The van der Waals surface area contributed by atoms with Gasteiger partial charge in [-0.2, -0.15) is 0 Å². The molecule has 0 aliphatic carbocycles. The van der Waals surface area contributed by atoms with E-state index in [0.717, 1.165) is 12.8 Å². The molecule has 0 bridgehead atoms. The maximum Gasteiger partial charge on any atom is 0.0130 e. The molecule has 74 valence electrons. The van der Waals surface area contributed by atoms with Gasteiger partial charge in [-0.3, -0.25) is 4.21 Å². The fourth-order valence-corrected chi connectivity index (χ4v) is 2.07. The maximum absolute atomic E-state index is 10.4. The molecule has 0 saturated carbocycles. The molecule has 0 saturated heterocycles. The summed E-state index contributed by atoms with van der Waals surface area (Å²) in [6, 6.07) is 0. The molecule has 0 radical (unpaired) electrons. The van der Waals surface area contributed by atoms with Crippen molar-refractivity contribution in [3.8, 4) is 0 Å². The monoisotopic (exact) mass is 191 g/mol. The van der Waals surface area contributed by atoms with Crippen molar-refractivity contribution in [2.45, 2.75) is 46.0 Å². The maximum atomic E-state index is 10.4. The van der Waals surface area contributed by atoms with Gasteiger partial charge in [0.1, 0.15) is 0 Å². The van der Waals surface area contributed by atoms with Crippen molar-refractivity contribution in [2.75, 3.05) is 5.75 Å². The van der Waals surface area contributed by atoms with Gasteiger partial charge in [0.15, 0.2) is 0 Å². The van der Waals surface area contributed by atoms with Gasteiger partial charge in [0.05, 0.1) is 0 Å². The van der Waals surface area contributed by atoms with Crippen LogP contribution in [0.5, 0.6) is 0 Å². The molecule has 2 nitrogen and oxygen atoms in total. The first-order valence-corrected chi connectivity index (χ1v) is 6.00. The normalized spacial score (nSPS) is 15.9. The van der Waals surface area contributed by atoms with E-state index >= 15 is 0 Å². The molecule has 0 N–H and O–H groups in total. The average Bonchev–Trinajstić information content (AvgIpc) is 2.02. The lowest BCUT2D eigenvalue weighted by molar-refractivity contribution is 0.463. The van der Waals surface area contributed by atoms with Gasteiger partial charge in [-0.25, -0.2) is 0 Å². The zero-order valence-electron chi connectivity index (χ0n) is 8.04. The molecule has 2 atom stereocenters. The number of hydrogen-bond donors (Lipinski definition) is 0. The first-order chi connectivity index (χ1) is 5.70. The molecule has 0 amide bonds. The summed E-state index contributed by atoms with van der Waals surface area (Å²) in [6.07, 6.45) is 5.65. The summed E-state index contributed by atoms with van der Waals surface area (Å²) < 4.78 is 20.8. The van der Waals surface area contributed by atoms with Crippen LogP contribution in [0.1, 0.15) is 46.0 Å². The third-order valence-corrected chi connectivity index (χ3v) is 2.91. The quantitative estimate of drug-likeness (QED) is 0.458. The van der Waals surface area contributed by atoms with Gasteiger partial charge in [-0.05, 0) is 12.3 Å². The lowest BCUT2D eigenvalue weighted by Gasteiger charge is -2.15. The number of rotatable bonds is 7. The first kappa shape index (κ1) is 12.1. The highest BCUT2D eigenvalue weighted by atomic mass is 32.2. The molecule has 0 aromatic rings. The van der Waals surface area contributed by atoms with E-state index < -0.39 is 11.1 Å². The zero-order chi connectivity index (χ0) is 9.40. The summed E-state index contributed by atoms with van der Waals surface area (Å²) in [5.41, 5.74) is 0. The SMILES string of the molecule is CCCCCC(CC)CS(=O)[O-]. The van der Waals surface area contributed by atoms with Gasteiger partial charge < -0.3 is 4.55 Å². The van der Waals surface area contributed by atoms with Crippen LogP contribution < -0.4 is 0 Å². The van der Waals surface area contributed by atoms with Crippen LogP contribution in [0.15, 0.2) is 0 Å². The molecular weight excluding hydrogens is 172 g/mol. The van der Waals surface area contributed by atoms with Crippen LogP contribution in [0.4, 0.5) is 0 Å².